The zero-order valence-corrected chi connectivity index (χ0v) is 12.4. The first-order valence-corrected chi connectivity index (χ1v) is 7.66. The summed E-state index contributed by atoms with van der Waals surface area (Å²) >= 11 is 1.71. The molecule has 2 rings (SSSR count). The van der Waals surface area contributed by atoms with Crippen LogP contribution in [0, 0.1) is 0 Å². The van der Waals surface area contributed by atoms with Crippen LogP contribution in [0.15, 0.2) is 41.8 Å². The van der Waals surface area contributed by atoms with E-state index in [0.29, 0.717) is 6.54 Å². The second kappa shape index (κ2) is 7.70. The lowest BCUT2D eigenvalue weighted by Gasteiger charge is -2.07. The molecule has 0 aliphatic heterocycles. The molecule has 0 radical (unpaired) electrons. The predicted molar refractivity (Wildman–Crippen MR) is 82.3 cm³/mol. The van der Waals surface area contributed by atoms with Gasteiger partial charge in [0.25, 0.3) is 5.91 Å². The molecule has 4 heteroatoms. The second-order valence-corrected chi connectivity index (χ2v) is 5.50. The van der Waals surface area contributed by atoms with E-state index in [9.17, 15) is 4.79 Å². The first-order chi connectivity index (χ1) is 9.78. The minimum Gasteiger partial charge on any atom is -0.484 e. The molecule has 1 heterocycles. The van der Waals surface area contributed by atoms with Gasteiger partial charge in [-0.3, -0.25) is 4.79 Å². The Balaban J connectivity index is 1.66. The highest BCUT2D eigenvalue weighted by atomic mass is 32.1. The van der Waals surface area contributed by atoms with Gasteiger partial charge < -0.3 is 10.1 Å². The predicted octanol–water partition coefficient (Wildman–Crippen LogP) is 3.05. The second-order valence-electron chi connectivity index (χ2n) is 4.47. The quantitative estimate of drug-likeness (QED) is 0.851. The number of hydrogen-bond donors (Lipinski definition) is 1. The summed E-state index contributed by atoms with van der Waals surface area (Å²) in [7, 11) is 0. The fourth-order valence-electron chi connectivity index (χ4n) is 1.80. The average Bonchev–Trinajstić information content (AvgIpc) is 2.99. The van der Waals surface area contributed by atoms with Crippen molar-refractivity contribution in [3.63, 3.8) is 0 Å². The largest absolute Gasteiger partial charge is 0.484 e. The smallest absolute Gasteiger partial charge is 0.257 e. The lowest BCUT2D eigenvalue weighted by molar-refractivity contribution is -0.123. The Kier molecular flexibility index (Phi) is 5.62. The molecule has 0 saturated carbocycles. The number of ether oxygens (including phenoxy) is 1. The number of hydrogen-bond acceptors (Lipinski definition) is 3. The molecule has 0 saturated heterocycles. The number of carbonyl (C=O) groups excluding carboxylic acids is 1. The molecular formula is C16H19NO2S. The first-order valence-electron chi connectivity index (χ1n) is 6.78. The normalized spacial score (nSPS) is 10.2. The van der Waals surface area contributed by atoms with Crippen LogP contribution in [-0.4, -0.2) is 19.1 Å². The van der Waals surface area contributed by atoms with Crippen molar-refractivity contribution < 1.29 is 9.53 Å². The number of thiophene rings is 1. The number of rotatable bonds is 7. The molecule has 3 nitrogen and oxygen atoms in total. The maximum atomic E-state index is 11.6. The third-order valence-corrected chi connectivity index (χ3v) is 3.91. The van der Waals surface area contributed by atoms with Gasteiger partial charge in [-0.25, -0.2) is 0 Å². The molecule has 0 aliphatic carbocycles. The minimum absolute atomic E-state index is 0.0654. The Morgan fingerprint density at radius 2 is 2.05 bits per heavy atom. The lowest BCUT2D eigenvalue weighted by atomic mass is 10.2. The molecular weight excluding hydrogens is 270 g/mol. The third kappa shape index (κ3) is 4.70. The van der Waals surface area contributed by atoms with E-state index >= 15 is 0 Å². The van der Waals surface area contributed by atoms with Crippen molar-refractivity contribution in [3.05, 3.63) is 52.2 Å². The van der Waals surface area contributed by atoms with Crippen LogP contribution in [0.3, 0.4) is 0 Å². The van der Waals surface area contributed by atoms with Gasteiger partial charge in [-0.15, -0.1) is 11.3 Å². The number of aryl methyl sites for hydroxylation is 1. The monoisotopic (exact) mass is 289 g/mol. The summed E-state index contributed by atoms with van der Waals surface area (Å²) in [5.41, 5.74) is 1.26. The summed E-state index contributed by atoms with van der Waals surface area (Å²) in [6, 6.07) is 11.9. The van der Waals surface area contributed by atoms with Gasteiger partial charge in [0.05, 0.1) is 0 Å². The van der Waals surface area contributed by atoms with Gasteiger partial charge in [-0.05, 0) is 42.0 Å². The van der Waals surface area contributed by atoms with Crippen molar-refractivity contribution >= 4 is 17.2 Å². The van der Waals surface area contributed by atoms with Crippen molar-refractivity contribution in [3.8, 4) is 5.75 Å². The molecule has 1 N–H and O–H groups in total. The van der Waals surface area contributed by atoms with Crippen LogP contribution >= 0.6 is 11.3 Å². The van der Waals surface area contributed by atoms with Crippen LogP contribution in [-0.2, 0) is 17.6 Å². The highest BCUT2D eigenvalue weighted by Crippen LogP contribution is 2.12. The third-order valence-electron chi connectivity index (χ3n) is 2.98. The van der Waals surface area contributed by atoms with Crippen molar-refractivity contribution in [1.82, 2.24) is 5.32 Å². The van der Waals surface area contributed by atoms with Gasteiger partial charge in [0, 0.05) is 11.4 Å². The molecule has 1 amide bonds. The Bertz CT molecular complexity index is 520. The van der Waals surface area contributed by atoms with Gasteiger partial charge >= 0.3 is 0 Å². The number of amides is 1. The molecule has 0 aliphatic rings. The summed E-state index contributed by atoms with van der Waals surface area (Å²) in [6.07, 6.45) is 1.87. The van der Waals surface area contributed by atoms with Gasteiger partial charge in [-0.1, -0.05) is 25.1 Å². The van der Waals surface area contributed by atoms with Gasteiger partial charge in [0.1, 0.15) is 5.75 Å². The van der Waals surface area contributed by atoms with Crippen LogP contribution in [0.1, 0.15) is 17.4 Å². The van der Waals surface area contributed by atoms with Gasteiger partial charge in [0.2, 0.25) is 0 Å². The molecule has 1 aromatic carbocycles. The summed E-state index contributed by atoms with van der Waals surface area (Å²) in [4.78, 5) is 12.9. The van der Waals surface area contributed by atoms with E-state index in [1.165, 1.54) is 10.4 Å². The Labute approximate surface area is 123 Å². The zero-order valence-electron chi connectivity index (χ0n) is 11.6. The van der Waals surface area contributed by atoms with Crippen molar-refractivity contribution in [2.75, 3.05) is 13.2 Å². The van der Waals surface area contributed by atoms with E-state index < -0.39 is 0 Å². The lowest BCUT2D eigenvalue weighted by Crippen LogP contribution is -2.30. The molecule has 0 unspecified atom stereocenters. The summed E-state index contributed by atoms with van der Waals surface area (Å²) in [6.45, 7) is 2.82. The molecule has 0 bridgehead atoms. The molecule has 2 aromatic rings. The topological polar surface area (TPSA) is 38.3 Å². The van der Waals surface area contributed by atoms with Crippen LogP contribution < -0.4 is 10.1 Å². The summed E-state index contributed by atoms with van der Waals surface area (Å²) in [5.74, 6) is 0.650. The fourth-order valence-corrected chi connectivity index (χ4v) is 2.51. The van der Waals surface area contributed by atoms with Gasteiger partial charge in [0.15, 0.2) is 6.61 Å². The maximum absolute atomic E-state index is 11.6. The van der Waals surface area contributed by atoms with Crippen molar-refractivity contribution in [2.45, 2.75) is 19.8 Å². The first kappa shape index (κ1) is 14.6. The van der Waals surface area contributed by atoms with E-state index in [4.69, 9.17) is 4.74 Å². The molecule has 0 atom stereocenters. The minimum atomic E-state index is -0.0823. The van der Waals surface area contributed by atoms with Crippen LogP contribution in [0.25, 0.3) is 0 Å². The van der Waals surface area contributed by atoms with Crippen LogP contribution in [0.5, 0.6) is 5.75 Å². The Hall–Kier alpha value is -1.81. The van der Waals surface area contributed by atoms with E-state index in [1.807, 2.05) is 35.7 Å². The van der Waals surface area contributed by atoms with E-state index in [0.717, 1.165) is 18.6 Å². The zero-order chi connectivity index (χ0) is 14.2. The van der Waals surface area contributed by atoms with Crippen molar-refractivity contribution in [1.29, 1.82) is 0 Å². The Morgan fingerprint density at radius 1 is 1.25 bits per heavy atom. The van der Waals surface area contributed by atoms with E-state index in [2.05, 4.69) is 18.3 Å². The number of nitrogens with one attached hydrogen (secondary N) is 1. The molecule has 0 fully saturated rings. The van der Waals surface area contributed by atoms with Crippen LogP contribution in [0.2, 0.25) is 0 Å². The van der Waals surface area contributed by atoms with E-state index in [-0.39, 0.29) is 12.5 Å². The highest BCUT2D eigenvalue weighted by Gasteiger charge is 2.03. The summed E-state index contributed by atoms with van der Waals surface area (Å²) in [5, 5.41) is 4.90. The molecule has 1 aromatic heterocycles. The van der Waals surface area contributed by atoms with Gasteiger partial charge in [-0.2, -0.15) is 0 Å². The number of carbonyl (C=O) groups is 1. The SMILES string of the molecule is CCc1ccc(OCC(=O)NCCc2cccs2)cc1. The Morgan fingerprint density at radius 3 is 2.70 bits per heavy atom. The summed E-state index contributed by atoms with van der Waals surface area (Å²) < 4.78 is 5.45. The highest BCUT2D eigenvalue weighted by molar-refractivity contribution is 7.09. The van der Waals surface area contributed by atoms with Crippen molar-refractivity contribution in [2.24, 2.45) is 0 Å². The number of benzene rings is 1. The average molecular weight is 289 g/mol. The fraction of sp³-hybridized carbons (Fsp3) is 0.312. The van der Waals surface area contributed by atoms with Crippen LogP contribution in [0.4, 0.5) is 0 Å². The molecule has 106 valence electrons. The molecule has 0 spiro atoms. The molecule has 20 heavy (non-hydrogen) atoms. The van der Waals surface area contributed by atoms with E-state index in [1.54, 1.807) is 11.3 Å². The standard InChI is InChI=1S/C16H19NO2S/c1-2-13-5-7-14(8-6-13)19-12-16(18)17-10-9-15-4-3-11-20-15/h3-8,11H,2,9-10,12H2,1H3,(H,17,18). The maximum Gasteiger partial charge on any atom is 0.257 e.